The Balaban J connectivity index is 1.37. The highest BCUT2D eigenvalue weighted by Gasteiger charge is 2.54. The highest BCUT2D eigenvalue weighted by Crippen LogP contribution is 2.33. The topological polar surface area (TPSA) is 307 Å². The maximum atomic E-state index is 13.5. The number of hydrogen-bond acceptors (Lipinski definition) is 18. The van der Waals surface area contributed by atoms with Gasteiger partial charge in [-0.25, -0.2) is 0 Å². The Morgan fingerprint density at radius 3 is 1.04 bits per heavy atom. The first-order chi connectivity index (χ1) is 52.8. The number of unbranched alkanes of at least 4 members (excludes halogenated alkanes) is 36. The number of carbonyl (C=O) groups excluding carboxylic acids is 1. The Bertz CT molecular complexity index is 2380. The van der Waals surface area contributed by atoms with E-state index in [0.29, 0.717) is 12.8 Å². The summed E-state index contributed by atoms with van der Waals surface area (Å²) in [5, 5.41) is 121. The molecule has 3 aliphatic rings. The molecule has 12 N–H and O–H groups in total. The maximum Gasteiger partial charge on any atom is 0.220 e. The third-order valence-electron chi connectivity index (χ3n) is 20.8. The van der Waals surface area contributed by atoms with Crippen LogP contribution in [0.5, 0.6) is 0 Å². The highest BCUT2D eigenvalue weighted by atomic mass is 16.8. The van der Waals surface area contributed by atoms with Gasteiger partial charge in [-0.15, -0.1) is 0 Å². The number of nitrogens with one attached hydrogen (secondary N) is 1. The number of carbonyl (C=O) groups is 1. The van der Waals surface area contributed by atoms with E-state index >= 15 is 0 Å². The van der Waals surface area contributed by atoms with Crippen molar-refractivity contribution in [3.05, 3.63) is 109 Å². The van der Waals surface area contributed by atoms with Crippen LogP contribution < -0.4 is 5.32 Å². The standard InChI is InChI=1S/C89H155NO18/c1-3-5-7-9-11-13-15-17-19-21-23-25-27-29-31-33-35-36-37-39-41-43-45-47-49-51-53-55-57-59-61-63-65-67-77(95)90-72(73(94)66-64-62-60-58-56-54-52-50-48-46-44-42-40-38-34-32-30-28-26-24-22-20-18-16-14-12-10-8-6-4-2)71-103-87-83(101)80(98)85(75(69-92)105-87)108-89-84(102)81(99)86(76(70-93)106-89)107-88-82(100)79(97)78(96)74(68-91)104-88/h5,7,11,13,17,19,23,25,29,31,35-36,48,50,56,58,64,66,72-76,78-89,91-94,96-102H,3-4,6,8-10,12,14-16,18,20-22,24,26-28,30,32-34,37-47,49,51-55,57,59-63,65,67-71H2,1-2H3,(H,90,95)/b7-5-,13-11-,19-17-,25-23-,31-29-,36-35-,50-48+,58-56+,66-64+. The SMILES string of the molecule is CC/C=C\C/C=C\C/C=C\C/C=C\C/C=C\C/C=C\CCCCCCCCCCCCCCCCC(=O)NC(COC1OC(CO)C(OC2OC(CO)C(OC3OC(CO)C(O)C(O)C3O)C(O)C2O)C(O)C1O)C(O)/C=C/CC/C=C/CC/C=C/CCCCCCCCCCCCCCCCCCCCCC. The van der Waals surface area contributed by atoms with Gasteiger partial charge in [0.25, 0.3) is 0 Å². The Labute approximate surface area is 653 Å². The molecule has 0 aromatic heterocycles. The van der Waals surface area contributed by atoms with E-state index in [1.807, 2.05) is 6.08 Å². The van der Waals surface area contributed by atoms with Gasteiger partial charge in [0.15, 0.2) is 18.9 Å². The van der Waals surface area contributed by atoms with Gasteiger partial charge in [0.1, 0.15) is 73.2 Å². The first-order valence-electron chi connectivity index (χ1n) is 43.1. The molecule has 1 amide bonds. The van der Waals surface area contributed by atoms with Crippen LogP contribution in [-0.2, 0) is 33.2 Å². The van der Waals surface area contributed by atoms with Crippen molar-refractivity contribution in [2.75, 3.05) is 26.4 Å². The molecule has 624 valence electrons. The average molecular weight is 1530 g/mol. The monoisotopic (exact) mass is 1530 g/mol. The molecule has 17 atom stereocenters. The van der Waals surface area contributed by atoms with Crippen molar-refractivity contribution in [1.82, 2.24) is 5.32 Å². The molecule has 17 unspecified atom stereocenters. The van der Waals surface area contributed by atoms with Crippen molar-refractivity contribution >= 4 is 5.91 Å². The van der Waals surface area contributed by atoms with Gasteiger partial charge >= 0.3 is 0 Å². The number of ether oxygens (including phenoxy) is 6. The Morgan fingerprint density at radius 2 is 0.648 bits per heavy atom. The third-order valence-corrected chi connectivity index (χ3v) is 20.8. The minimum absolute atomic E-state index is 0.226. The number of hydrogen-bond donors (Lipinski definition) is 12. The summed E-state index contributed by atoms with van der Waals surface area (Å²) < 4.78 is 34.5. The second-order valence-corrected chi connectivity index (χ2v) is 30.2. The number of rotatable bonds is 68. The number of allylic oxidation sites excluding steroid dienone is 17. The zero-order valence-corrected chi connectivity index (χ0v) is 67.0. The predicted molar refractivity (Wildman–Crippen MR) is 434 cm³/mol. The number of aliphatic hydroxyl groups excluding tert-OH is 11. The van der Waals surface area contributed by atoms with E-state index in [2.05, 4.69) is 116 Å². The fourth-order valence-electron chi connectivity index (χ4n) is 13.9. The molecular weight excluding hydrogens is 1370 g/mol. The Kier molecular flexibility index (Phi) is 62.0. The largest absolute Gasteiger partial charge is 0.394 e. The van der Waals surface area contributed by atoms with Gasteiger partial charge in [0.2, 0.25) is 5.91 Å². The molecule has 3 aliphatic heterocycles. The molecule has 3 rings (SSSR count). The number of amides is 1. The second kappa shape index (κ2) is 67.9. The molecule has 0 radical (unpaired) electrons. The minimum atomic E-state index is -1.99. The Morgan fingerprint density at radius 1 is 0.343 bits per heavy atom. The van der Waals surface area contributed by atoms with Gasteiger partial charge in [0.05, 0.1) is 38.6 Å². The lowest BCUT2D eigenvalue weighted by molar-refractivity contribution is -0.379. The Hall–Kier alpha value is -3.55. The summed E-state index contributed by atoms with van der Waals surface area (Å²) in [6.07, 6.45) is 68.0. The van der Waals surface area contributed by atoms with Crippen molar-refractivity contribution in [3.8, 4) is 0 Å². The van der Waals surface area contributed by atoms with Crippen LogP contribution in [0.25, 0.3) is 0 Å². The zero-order chi connectivity index (χ0) is 78.1. The quantitative estimate of drug-likeness (QED) is 0.0199. The van der Waals surface area contributed by atoms with Gasteiger partial charge in [-0.3, -0.25) is 4.79 Å². The van der Waals surface area contributed by atoms with Gasteiger partial charge in [-0.05, 0) is 96.3 Å². The summed E-state index contributed by atoms with van der Waals surface area (Å²) in [5.74, 6) is -0.291. The zero-order valence-electron chi connectivity index (χ0n) is 67.0. The lowest BCUT2D eigenvalue weighted by Gasteiger charge is -2.48. The molecule has 108 heavy (non-hydrogen) atoms. The van der Waals surface area contributed by atoms with Crippen molar-refractivity contribution < 1.29 is 89.4 Å². The molecule has 0 saturated carbocycles. The summed E-state index contributed by atoms with van der Waals surface area (Å²) in [6.45, 7) is 1.63. The summed E-state index contributed by atoms with van der Waals surface area (Å²) in [5.41, 5.74) is 0. The molecule has 0 aromatic carbocycles. The van der Waals surface area contributed by atoms with E-state index in [1.165, 1.54) is 186 Å². The van der Waals surface area contributed by atoms with Crippen molar-refractivity contribution in [2.45, 2.75) is 420 Å². The molecule has 19 heteroatoms. The van der Waals surface area contributed by atoms with E-state index in [-0.39, 0.29) is 18.9 Å². The lowest BCUT2D eigenvalue weighted by atomic mass is 9.96. The van der Waals surface area contributed by atoms with Crippen molar-refractivity contribution in [1.29, 1.82) is 0 Å². The summed E-state index contributed by atoms with van der Waals surface area (Å²) in [6, 6.07) is -1.01. The molecule has 0 aliphatic carbocycles. The summed E-state index contributed by atoms with van der Waals surface area (Å²) >= 11 is 0. The predicted octanol–water partition coefficient (Wildman–Crippen LogP) is 15.7. The van der Waals surface area contributed by atoms with Gasteiger partial charge in [-0.2, -0.15) is 0 Å². The summed E-state index contributed by atoms with van der Waals surface area (Å²) in [7, 11) is 0. The fourth-order valence-corrected chi connectivity index (χ4v) is 13.9. The van der Waals surface area contributed by atoms with E-state index < -0.39 is 124 Å². The van der Waals surface area contributed by atoms with Crippen LogP contribution >= 0.6 is 0 Å². The molecule has 0 aromatic rings. The van der Waals surface area contributed by atoms with Crippen LogP contribution in [0, 0.1) is 0 Å². The number of aliphatic hydroxyl groups is 11. The molecule has 19 nitrogen and oxygen atoms in total. The molecular formula is C89H155NO18. The van der Waals surface area contributed by atoms with Crippen LogP contribution in [0.2, 0.25) is 0 Å². The molecule has 3 saturated heterocycles. The van der Waals surface area contributed by atoms with Crippen LogP contribution in [-0.4, -0.2) is 193 Å². The second-order valence-electron chi connectivity index (χ2n) is 30.2. The van der Waals surface area contributed by atoms with E-state index in [0.717, 1.165) is 96.3 Å². The van der Waals surface area contributed by atoms with Crippen LogP contribution in [0.15, 0.2) is 109 Å². The average Bonchev–Trinajstić information content (AvgIpc) is 0.779. The normalized spacial score (nSPS) is 26.0. The maximum absolute atomic E-state index is 13.5. The van der Waals surface area contributed by atoms with Crippen molar-refractivity contribution in [2.24, 2.45) is 0 Å². The van der Waals surface area contributed by atoms with E-state index in [1.54, 1.807) is 6.08 Å². The fraction of sp³-hybridized carbons (Fsp3) is 0.787. The molecule has 0 bridgehead atoms. The van der Waals surface area contributed by atoms with Gasteiger partial charge < -0.3 is 89.9 Å². The smallest absolute Gasteiger partial charge is 0.220 e. The van der Waals surface area contributed by atoms with Crippen molar-refractivity contribution in [3.63, 3.8) is 0 Å². The van der Waals surface area contributed by atoms with Gasteiger partial charge in [0, 0.05) is 6.42 Å². The van der Waals surface area contributed by atoms with E-state index in [4.69, 9.17) is 28.4 Å². The van der Waals surface area contributed by atoms with Crippen LogP contribution in [0.4, 0.5) is 0 Å². The first kappa shape index (κ1) is 98.6. The molecule has 0 spiro atoms. The van der Waals surface area contributed by atoms with Crippen LogP contribution in [0.3, 0.4) is 0 Å². The highest BCUT2D eigenvalue weighted by molar-refractivity contribution is 5.76. The van der Waals surface area contributed by atoms with Gasteiger partial charge in [-0.1, -0.05) is 322 Å². The van der Waals surface area contributed by atoms with Crippen LogP contribution in [0.1, 0.15) is 316 Å². The van der Waals surface area contributed by atoms with E-state index in [9.17, 15) is 61.0 Å². The first-order valence-corrected chi connectivity index (χ1v) is 43.1. The summed E-state index contributed by atoms with van der Waals surface area (Å²) in [4.78, 5) is 13.5. The molecule has 3 fully saturated rings. The minimum Gasteiger partial charge on any atom is -0.394 e. The third kappa shape index (κ3) is 46.6. The molecule has 3 heterocycles. The lowest BCUT2D eigenvalue weighted by Crippen LogP contribution is -2.66.